The molecule has 8 atom stereocenters. The van der Waals surface area contributed by atoms with Crippen LogP contribution in [-0.2, 0) is 4.74 Å². The Morgan fingerprint density at radius 2 is 2.00 bits per heavy atom. The van der Waals surface area contributed by atoms with Crippen molar-refractivity contribution in [3.05, 3.63) is 29.3 Å². The van der Waals surface area contributed by atoms with Crippen LogP contribution in [0.15, 0.2) is 18.2 Å². The number of hydrogen-bond acceptors (Lipinski definition) is 3. The van der Waals surface area contributed by atoms with Crippen LogP contribution in [0.1, 0.15) is 50.7 Å². The summed E-state index contributed by atoms with van der Waals surface area (Å²) >= 11 is 0. The van der Waals surface area contributed by atoms with Crippen molar-refractivity contribution >= 4 is 0 Å². The number of aliphatic hydroxyl groups excluding tert-OH is 1. The van der Waals surface area contributed by atoms with Crippen molar-refractivity contribution in [2.75, 3.05) is 6.61 Å². The van der Waals surface area contributed by atoms with Gasteiger partial charge in [0.05, 0.1) is 5.60 Å². The lowest BCUT2D eigenvalue weighted by Crippen LogP contribution is -2.54. The van der Waals surface area contributed by atoms with Crippen LogP contribution in [0.25, 0.3) is 0 Å². The smallest absolute Gasteiger partial charge is 0.189 e. The molecular formula is C23H32O3. The zero-order valence-corrected chi connectivity index (χ0v) is 16.5. The molecule has 4 saturated carbocycles. The van der Waals surface area contributed by atoms with E-state index in [1.165, 1.54) is 36.8 Å². The van der Waals surface area contributed by atoms with Crippen LogP contribution in [0.5, 0.6) is 5.75 Å². The molecular weight excluding hydrogens is 324 g/mol. The van der Waals surface area contributed by atoms with Gasteiger partial charge in [0.1, 0.15) is 12.4 Å². The van der Waals surface area contributed by atoms with Crippen LogP contribution in [0, 0.1) is 48.9 Å². The van der Waals surface area contributed by atoms with E-state index >= 15 is 0 Å². The number of aryl methyl sites for hydroxylation is 2. The Kier molecular flexibility index (Phi) is 3.60. The lowest BCUT2D eigenvalue weighted by molar-refractivity contribution is -0.239. The Morgan fingerprint density at radius 3 is 2.77 bits per heavy atom. The lowest BCUT2D eigenvalue weighted by Gasteiger charge is -2.54. The molecule has 0 aliphatic heterocycles. The highest BCUT2D eigenvalue weighted by atomic mass is 16.6. The quantitative estimate of drug-likeness (QED) is 0.791. The third kappa shape index (κ3) is 2.13. The molecule has 0 radical (unpaired) electrons. The molecule has 4 aliphatic carbocycles. The third-order valence-corrected chi connectivity index (χ3v) is 8.92. The molecule has 1 N–H and O–H groups in total. The first-order chi connectivity index (χ1) is 12.3. The van der Waals surface area contributed by atoms with E-state index in [2.05, 4.69) is 33.8 Å². The van der Waals surface area contributed by atoms with Crippen LogP contribution in [0.3, 0.4) is 0 Å². The fourth-order valence-electron chi connectivity index (χ4n) is 7.44. The molecule has 142 valence electrons. The van der Waals surface area contributed by atoms with E-state index in [0.29, 0.717) is 17.3 Å². The monoisotopic (exact) mass is 356 g/mol. The molecule has 26 heavy (non-hydrogen) atoms. The number of rotatable bonds is 5. The normalized spacial score (nSPS) is 46.1. The molecule has 6 unspecified atom stereocenters. The van der Waals surface area contributed by atoms with Gasteiger partial charge in [-0.15, -0.1) is 0 Å². The minimum absolute atomic E-state index is 0.169. The van der Waals surface area contributed by atoms with Gasteiger partial charge in [0.2, 0.25) is 0 Å². The molecule has 1 spiro atoms. The highest BCUT2D eigenvalue weighted by molar-refractivity contribution is 5.33. The van der Waals surface area contributed by atoms with Gasteiger partial charge in [0.25, 0.3) is 0 Å². The summed E-state index contributed by atoms with van der Waals surface area (Å²) in [5.74, 6) is 4.75. The highest BCUT2D eigenvalue weighted by Crippen LogP contribution is 2.80. The fraction of sp³-hybridized carbons (Fsp3) is 0.739. The highest BCUT2D eigenvalue weighted by Gasteiger charge is 2.76. The van der Waals surface area contributed by atoms with E-state index < -0.39 is 6.29 Å². The van der Waals surface area contributed by atoms with Crippen LogP contribution >= 0.6 is 0 Å². The van der Waals surface area contributed by atoms with Crippen LogP contribution in [0.4, 0.5) is 0 Å². The molecule has 1 aromatic rings. The SMILES string of the molecule is Cc1ccc(OCC(O)OC2(C)C3C[C@H]4CC5(C3)C(CC52)[C@H]4C)cc1C. The van der Waals surface area contributed by atoms with Crippen molar-refractivity contribution < 1.29 is 14.6 Å². The number of fused-ring (bicyclic) bond motifs is 2. The van der Waals surface area contributed by atoms with Gasteiger partial charge in [0, 0.05) is 0 Å². The van der Waals surface area contributed by atoms with Gasteiger partial charge in [-0.1, -0.05) is 13.0 Å². The zero-order chi connectivity index (χ0) is 18.3. The van der Waals surface area contributed by atoms with E-state index in [9.17, 15) is 5.11 Å². The Hall–Kier alpha value is -1.06. The number of ether oxygens (including phenoxy) is 2. The number of benzene rings is 1. The first kappa shape index (κ1) is 17.1. The average Bonchev–Trinajstić information content (AvgIpc) is 2.81. The molecule has 0 amide bonds. The van der Waals surface area contributed by atoms with Gasteiger partial charge in [-0.3, -0.25) is 0 Å². The maximum Gasteiger partial charge on any atom is 0.189 e. The second-order valence-electron chi connectivity index (χ2n) is 9.90. The van der Waals surface area contributed by atoms with E-state index in [0.717, 1.165) is 23.5 Å². The average molecular weight is 357 g/mol. The molecule has 4 aliphatic rings. The summed E-state index contributed by atoms with van der Waals surface area (Å²) in [5, 5.41) is 10.6. The fourth-order valence-corrected chi connectivity index (χ4v) is 7.44. The summed E-state index contributed by atoms with van der Waals surface area (Å²) in [7, 11) is 0. The second-order valence-corrected chi connectivity index (χ2v) is 9.90. The Bertz CT molecular complexity index is 730. The number of hydrogen-bond donors (Lipinski definition) is 1. The van der Waals surface area contributed by atoms with E-state index in [-0.39, 0.29) is 12.2 Å². The van der Waals surface area contributed by atoms with Crippen LogP contribution in [-0.4, -0.2) is 23.6 Å². The first-order valence-electron chi connectivity index (χ1n) is 10.4. The Morgan fingerprint density at radius 1 is 1.19 bits per heavy atom. The Balaban J connectivity index is 1.26. The first-order valence-corrected chi connectivity index (χ1v) is 10.4. The molecule has 4 fully saturated rings. The molecule has 3 nitrogen and oxygen atoms in total. The van der Waals surface area contributed by atoms with Gasteiger partial charge in [-0.25, -0.2) is 0 Å². The second kappa shape index (κ2) is 5.48. The van der Waals surface area contributed by atoms with Crippen molar-refractivity contribution in [3.8, 4) is 5.75 Å². The van der Waals surface area contributed by atoms with Crippen molar-refractivity contribution in [3.63, 3.8) is 0 Å². The van der Waals surface area contributed by atoms with Crippen molar-refractivity contribution in [2.24, 2.45) is 35.0 Å². The van der Waals surface area contributed by atoms with Gasteiger partial charge in [0.15, 0.2) is 6.29 Å². The summed E-state index contributed by atoms with van der Waals surface area (Å²) < 4.78 is 12.2. The maximum absolute atomic E-state index is 10.6. The molecule has 0 heterocycles. The van der Waals surface area contributed by atoms with E-state index in [4.69, 9.17) is 9.47 Å². The number of aliphatic hydroxyl groups is 1. The third-order valence-electron chi connectivity index (χ3n) is 8.92. The van der Waals surface area contributed by atoms with Gasteiger partial charge < -0.3 is 14.6 Å². The van der Waals surface area contributed by atoms with E-state index in [1.54, 1.807) is 0 Å². The molecule has 0 saturated heterocycles. The Labute approximate surface area is 157 Å². The summed E-state index contributed by atoms with van der Waals surface area (Å²) in [6.45, 7) is 9.13. The lowest BCUT2D eigenvalue weighted by atomic mass is 9.52. The molecule has 1 aromatic carbocycles. The minimum Gasteiger partial charge on any atom is -0.488 e. The van der Waals surface area contributed by atoms with Crippen molar-refractivity contribution in [1.29, 1.82) is 0 Å². The van der Waals surface area contributed by atoms with Gasteiger partial charge >= 0.3 is 0 Å². The summed E-state index contributed by atoms with van der Waals surface area (Å²) in [6.07, 6.45) is 4.47. The summed E-state index contributed by atoms with van der Waals surface area (Å²) in [6, 6.07) is 6.06. The standard InChI is InChI=1S/C23H32O3/c1-13-5-6-18(7-14(13)2)25-12-21(24)26-22(4)17-8-16-10-23(11-17)19(15(16)3)9-20(22)23/h5-7,15-17,19-21,24H,8-12H2,1-4H3/t15-,16-,17?,19?,20?,21?,22?,23?/m0/s1. The zero-order valence-electron chi connectivity index (χ0n) is 16.5. The van der Waals surface area contributed by atoms with E-state index in [1.807, 2.05) is 12.1 Å². The van der Waals surface area contributed by atoms with Gasteiger partial charge in [-0.2, -0.15) is 0 Å². The van der Waals surface area contributed by atoms with Crippen molar-refractivity contribution in [2.45, 2.75) is 65.3 Å². The molecule has 3 bridgehead atoms. The van der Waals surface area contributed by atoms with Gasteiger partial charge in [-0.05, 0) is 105 Å². The predicted octanol–water partition coefficient (Wildman–Crippen LogP) is 4.48. The molecule has 5 rings (SSSR count). The topological polar surface area (TPSA) is 38.7 Å². The minimum atomic E-state index is -0.854. The largest absolute Gasteiger partial charge is 0.488 e. The summed E-state index contributed by atoms with van der Waals surface area (Å²) in [4.78, 5) is 0. The molecule has 3 heteroatoms. The maximum atomic E-state index is 10.6. The predicted molar refractivity (Wildman–Crippen MR) is 101 cm³/mol. The molecule has 0 aromatic heterocycles. The van der Waals surface area contributed by atoms with Crippen LogP contribution in [0.2, 0.25) is 0 Å². The summed E-state index contributed by atoms with van der Waals surface area (Å²) in [5.41, 5.74) is 2.83. The van der Waals surface area contributed by atoms with Crippen molar-refractivity contribution in [1.82, 2.24) is 0 Å². The van der Waals surface area contributed by atoms with Crippen LogP contribution < -0.4 is 4.74 Å².